The summed E-state index contributed by atoms with van der Waals surface area (Å²) in [6.07, 6.45) is 0.428. The topological polar surface area (TPSA) is 72.3 Å². The van der Waals surface area contributed by atoms with Gasteiger partial charge in [-0.25, -0.2) is 4.39 Å². The van der Waals surface area contributed by atoms with Crippen LogP contribution in [0, 0.1) is 11.7 Å². The van der Waals surface area contributed by atoms with Crippen molar-refractivity contribution in [1.82, 2.24) is 0 Å². The fourth-order valence-electron chi connectivity index (χ4n) is 2.17. The van der Waals surface area contributed by atoms with Crippen LogP contribution in [0.2, 0.25) is 0 Å². The van der Waals surface area contributed by atoms with Gasteiger partial charge in [-0.15, -0.1) is 0 Å². The Morgan fingerprint density at radius 1 is 1.41 bits per heavy atom. The highest BCUT2D eigenvalue weighted by Gasteiger charge is 2.31. The molecular formula is C12H16FN3O. The number of halogens is 1. The normalized spacial score (nSPS) is 20.1. The van der Waals surface area contributed by atoms with Crippen molar-refractivity contribution in [2.75, 3.05) is 18.0 Å². The Labute approximate surface area is 99.4 Å². The van der Waals surface area contributed by atoms with E-state index in [0.717, 1.165) is 0 Å². The molecule has 1 amide bonds. The Morgan fingerprint density at radius 3 is 2.76 bits per heavy atom. The average Bonchev–Trinajstić information content (AvgIpc) is 2.70. The first-order chi connectivity index (χ1) is 8.17. The number of hydrogen-bond donors (Lipinski definition) is 2. The SMILES string of the molecule is NCc1c(F)cccc1N1CC(CN)CC1=O. The molecule has 1 heterocycles. The average molecular weight is 237 g/mol. The highest BCUT2D eigenvalue weighted by atomic mass is 19.1. The van der Waals surface area contributed by atoms with Crippen LogP contribution < -0.4 is 16.4 Å². The van der Waals surface area contributed by atoms with Gasteiger partial charge in [-0.1, -0.05) is 6.07 Å². The lowest BCUT2D eigenvalue weighted by Gasteiger charge is -2.20. The minimum absolute atomic E-state index is 0.0132. The van der Waals surface area contributed by atoms with Gasteiger partial charge >= 0.3 is 0 Å². The second kappa shape index (κ2) is 4.81. The number of anilines is 1. The summed E-state index contributed by atoms with van der Waals surface area (Å²) in [6, 6.07) is 4.67. The largest absolute Gasteiger partial charge is 0.330 e. The smallest absolute Gasteiger partial charge is 0.227 e. The van der Waals surface area contributed by atoms with Crippen molar-refractivity contribution in [3.05, 3.63) is 29.6 Å². The predicted octanol–water partition coefficient (Wildman–Crippen LogP) is 0.596. The third-order valence-corrected chi connectivity index (χ3v) is 3.13. The molecule has 0 aliphatic carbocycles. The van der Waals surface area contributed by atoms with Gasteiger partial charge in [0.2, 0.25) is 5.91 Å². The molecule has 1 aliphatic heterocycles. The zero-order chi connectivity index (χ0) is 12.4. The third kappa shape index (κ3) is 2.16. The molecule has 0 bridgehead atoms. The van der Waals surface area contributed by atoms with Crippen LogP contribution in [-0.4, -0.2) is 19.0 Å². The monoisotopic (exact) mass is 237 g/mol. The Balaban J connectivity index is 2.34. The van der Waals surface area contributed by atoms with Gasteiger partial charge in [0.25, 0.3) is 0 Å². The van der Waals surface area contributed by atoms with E-state index in [0.29, 0.717) is 30.8 Å². The minimum Gasteiger partial charge on any atom is -0.330 e. The molecule has 5 heteroatoms. The first-order valence-electron chi connectivity index (χ1n) is 5.65. The van der Waals surface area contributed by atoms with Crippen molar-refractivity contribution >= 4 is 11.6 Å². The summed E-state index contributed by atoms with van der Waals surface area (Å²) >= 11 is 0. The zero-order valence-corrected chi connectivity index (χ0v) is 9.53. The Kier molecular flexibility index (Phi) is 3.40. The Morgan fingerprint density at radius 2 is 2.18 bits per heavy atom. The number of benzene rings is 1. The highest BCUT2D eigenvalue weighted by Crippen LogP contribution is 2.28. The molecule has 0 saturated carbocycles. The minimum atomic E-state index is -0.367. The van der Waals surface area contributed by atoms with E-state index in [1.165, 1.54) is 6.07 Å². The Hall–Kier alpha value is -1.46. The van der Waals surface area contributed by atoms with Gasteiger partial charge in [0.1, 0.15) is 5.82 Å². The first-order valence-corrected chi connectivity index (χ1v) is 5.65. The zero-order valence-electron chi connectivity index (χ0n) is 9.53. The molecule has 1 unspecified atom stereocenters. The fraction of sp³-hybridized carbons (Fsp3) is 0.417. The lowest BCUT2D eigenvalue weighted by molar-refractivity contribution is -0.117. The number of nitrogens with zero attached hydrogens (tertiary/aromatic N) is 1. The maximum Gasteiger partial charge on any atom is 0.227 e. The summed E-state index contributed by atoms with van der Waals surface area (Å²) in [4.78, 5) is 13.4. The Bertz CT molecular complexity index is 436. The molecular weight excluding hydrogens is 221 g/mol. The quantitative estimate of drug-likeness (QED) is 0.808. The van der Waals surface area contributed by atoms with E-state index in [4.69, 9.17) is 11.5 Å². The van der Waals surface area contributed by atoms with Gasteiger partial charge in [0, 0.05) is 25.1 Å². The van der Waals surface area contributed by atoms with Crippen molar-refractivity contribution in [2.24, 2.45) is 17.4 Å². The van der Waals surface area contributed by atoms with Crippen molar-refractivity contribution < 1.29 is 9.18 Å². The van der Waals surface area contributed by atoms with Crippen LogP contribution >= 0.6 is 0 Å². The van der Waals surface area contributed by atoms with Crippen LogP contribution in [-0.2, 0) is 11.3 Å². The van der Waals surface area contributed by atoms with Crippen molar-refractivity contribution in [1.29, 1.82) is 0 Å². The maximum atomic E-state index is 13.6. The predicted molar refractivity (Wildman–Crippen MR) is 63.8 cm³/mol. The van der Waals surface area contributed by atoms with E-state index in [-0.39, 0.29) is 24.2 Å². The van der Waals surface area contributed by atoms with E-state index in [1.807, 2.05) is 0 Å². The van der Waals surface area contributed by atoms with Crippen LogP contribution in [0.5, 0.6) is 0 Å². The molecule has 1 aliphatic rings. The first kappa shape index (κ1) is 12.0. The number of amides is 1. The fourth-order valence-corrected chi connectivity index (χ4v) is 2.17. The summed E-state index contributed by atoms with van der Waals surface area (Å²) in [5, 5.41) is 0. The molecule has 4 N–H and O–H groups in total. The maximum absolute atomic E-state index is 13.6. The molecule has 1 aromatic rings. The number of nitrogens with two attached hydrogens (primary N) is 2. The molecule has 1 atom stereocenters. The lowest BCUT2D eigenvalue weighted by Crippen LogP contribution is -2.27. The molecule has 1 fully saturated rings. The van der Waals surface area contributed by atoms with Gasteiger partial charge < -0.3 is 16.4 Å². The molecule has 0 aromatic heterocycles. The van der Waals surface area contributed by atoms with Crippen LogP contribution in [0.4, 0.5) is 10.1 Å². The second-order valence-electron chi connectivity index (χ2n) is 4.25. The summed E-state index contributed by atoms with van der Waals surface area (Å²) in [5.41, 5.74) is 12.1. The standard InChI is InChI=1S/C12H16FN3O/c13-10-2-1-3-11(9(10)6-15)16-7-8(5-14)4-12(16)17/h1-3,8H,4-7,14-15H2. The number of hydrogen-bond acceptors (Lipinski definition) is 3. The summed E-state index contributed by atoms with van der Waals surface area (Å²) in [7, 11) is 0. The van der Waals surface area contributed by atoms with Crippen molar-refractivity contribution in [3.8, 4) is 0 Å². The molecule has 0 radical (unpaired) electrons. The molecule has 2 rings (SSSR count). The molecule has 17 heavy (non-hydrogen) atoms. The van der Waals surface area contributed by atoms with E-state index >= 15 is 0 Å². The molecule has 0 spiro atoms. The van der Waals surface area contributed by atoms with E-state index in [2.05, 4.69) is 0 Å². The van der Waals surface area contributed by atoms with Gasteiger partial charge in [-0.2, -0.15) is 0 Å². The number of carbonyl (C=O) groups excluding carboxylic acids is 1. The molecule has 1 aromatic carbocycles. The number of carbonyl (C=O) groups is 1. The summed E-state index contributed by atoms with van der Waals surface area (Å²) in [5.74, 6) is -0.230. The van der Waals surface area contributed by atoms with Gasteiger partial charge in [-0.3, -0.25) is 4.79 Å². The summed E-state index contributed by atoms with van der Waals surface area (Å²) in [6.45, 7) is 1.10. The van der Waals surface area contributed by atoms with Gasteiger partial charge in [0.15, 0.2) is 0 Å². The van der Waals surface area contributed by atoms with Crippen molar-refractivity contribution in [2.45, 2.75) is 13.0 Å². The third-order valence-electron chi connectivity index (χ3n) is 3.13. The van der Waals surface area contributed by atoms with Crippen LogP contribution in [0.3, 0.4) is 0 Å². The second-order valence-corrected chi connectivity index (χ2v) is 4.25. The summed E-state index contributed by atoms with van der Waals surface area (Å²) < 4.78 is 13.6. The molecule has 92 valence electrons. The molecule has 1 saturated heterocycles. The van der Waals surface area contributed by atoms with Crippen LogP contribution in [0.1, 0.15) is 12.0 Å². The van der Waals surface area contributed by atoms with Gasteiger partial charge in [-0.05, 0) is 24.6 Å². The van der Waals surface area contributed by atoms with Crippen LogP contribution in [0.15, 0.2) is 18.2 Å². The lowest BCUT2D eigenvalue weighted by atomic mass is 10.1. The van der Waals surface area contributed by atoms with Crippen LogP contribution in [0.25, 0.3) is 0 Å². The van der Waals surface area contributed by atoms with Gasteiger partial charge in [0.05, 0.1) is 5.69 Å². The number of rotatable bonds is 3. The molecule has 4 nitrogen and oxygen atoms in total. The van der Waals surface area contributed by atoms with E-state index < -0.39 is 0 Å². The van der Waals surface area contributed by atoms with Crippen molar-refractivity contribution in [3.63, 3.8) is 0 Å². The van der Waals surface area contributed by atoms with E-state index in [1.54, 1.807) is 17.0 Å². The highest BCUT2D eigenvalue weighted by molar-refractivity contribution is 5.96. The van der Waals surface area contributed by atoms with E-state index in [9.17, 15) is 9.18 Å².